The number of hydrogen-bond acceptors (Lipinski definition) is 4. The molecular weight excluding hydrogens is 304 g/mol. The Morgan fingerprint density at radius 1 is 1.33 bits per heavy atom. The van der Waals surface area contributed by atoms with Crippen LogP contribution in [0.4, 0.5) is 0 Å². The molecule has 1 aliphatic heterocycles. The van der Waals surface area contributed by atoms with Crippen LogP contribution in [0.1, 0.15) is 24.5 Å². The first-order chi connectivity index (χ1) is 11.7. The van der Waals surface area contributed by atoms with Crippen molar-refractivity contribution in [2.75, 3.05) is 32.9 Å². The highest BCUT2D eigenvalue weighted by Gasteiger charge is 2.13. The van der Waals surface area contributed by atoms with Gasteiger partial charge in [0.25, 0.3) is 0 Å². The van der Waals surface area contributed by atoms with Gasteiger partial charge in [0.05, 0.1) is 19.8 Å². The molecule has 1 saturated heterocycles. The van der Waals surface area contributed by atoms with Crippen molar-refractivity contribution in [1.29, 1.82) is 0 Å². The Bertz CT molecular complexity index is 510. The second-order valence-electron chi connectivity index (χ2n) is 6.01. The van der Waals surface area contributed by atoms with Crippen molar-refractivity contribution in [3.63, 3.8) is 0 Å². The monoisotopic (exact) mass is 332 g/mol. The summed E-state index contributed by atoms with van der Waals surface area (Å²) >= 11 is 0. The molecule has 1 aromatic carbocycles. The standard InChI is InChI=1S/C19H28N2O3/c1-3-4-11-24-16(2)19(22)20-14-17-5-7-18(8-6-17)15-21-9-12-23-13-10-21/h3,5-8,16H,1,4,9-15H2,2H3,(H,20,22). The first kappa shape index (κ1) is 18.6. The number of carbonyl (C=O) groups excluding carboxylic acids is 1. The molecule has 24 heavy (non-hydrogen) atoms. The lowest BCUT2D eigenvalue weighted by Crippen LogP contribution is -2.35. The average Bonchev–Trinajstić information content (AvgIpc) is 2.62. The maximum atomic E-state index is 12.0. The van der Waals surface area contributed by atoms with Gasteiger partial charge in [0.1, 0.15) is 6.10 Å². The number of hydrogen-bond donors (Lipinski definition) is 1. The molecule has 1 atom stereocenters. The van der Waals surface area contributed by atoms with Crippen molar-refractivity contribution in [3.05, 3.63) is 48.0 Å². The van der Waals surface area contributed by atoms with Crippen LogP contribution >= 0.6 is 0 Å². The van der Waals surface area contributed by atoms with Crippen LogP contribution in [0.2, 0.25) is 0 Å². The van der Waals surface area contributed by atoms with Gasteiger partial charge in [-0.15, -0.1) is 6.58 Å². The zero-order valence-electron chi connectivity index (χ0n) is 14.5. The SMILES string of the molecule is C=CCCOC(C)C(=O)NCc1ccc(CN2CCOCC2)cc1. The molecule has 0 bridgehead atoms. The number of amides is 1. The molecule has 1 aliphatic rings. The predicted octanol–water partition coefficient (Wildman–Crippen LogP) is 2.12. The van der Waals surface area contributed by atoms with Gasteiger partial charge in [-0.25, -0.2) is 0 Å². The maximum Gasteiger partial charge on any atom is 0.249 e. The lowest BCUT2D eigenvalue weighted by Gasteiger charge is -2.26. The van der Waals surface area contributed by atoms with E-state index < -0.39 is 6.10 Å². The van der Waals surface area contributed by atoms with Crippen molar-refractivity contribution < 1.29 is 14.3 Å². The van der Waals surface area contributed by atoms with Gasteiger partial charge in [-0.1, -0.05) is 30.3 Å². The Hall–Kier alpha value is -1.69. The van der Waals surface area contributed by atoms with Crippen LogP contribution in [0.15, 0.2) is 36.9 Å². The number of carbonyl (C=O) groups is 1. The molecule has 0 aliphatic carbocycles. The predicted molar refractivity (Wildman–Crippen MR) is 94.6 cm³/mol. The van der Waals surface area contributed by atoms with Gasteiger partial charge in [0.15, 0.2) is 0 Å². The van der Waals surface area contributed by atoms with Gasteiger partial charge < -0.3 is 14.8 Å². The molecule has 1 amide bonds. The Morgan fingerprint density at radius 3 is 2.67 bits per heavy atom. The van der Waals surface area contributed by atoms with Crippen molar-refractivity contribution >= 4 is 5.91 Å². The number of benzene rings is 1. The highest BCUT2D eigenvalue weighted by Crippen LogP contribution is 2.09. The minimum Gasteiger partial charge on any atom is -0.379 e. The number of ether oxygens (including phenoxy) is 2. The normalized spacial score (nSPS) is 16.5. The largest absolute Gasteiger partial charge is 0.379 e. The molecule has 1 N–H and O–H groups in total. The quantitative estimate of drug-likeness (QED) is 0.556. The number of morpholine rings is 1. The highest BCUT2D eigenvalue weighted by atomic mass is 16.5. The van der Waals surface area contributed by atoms with Crippen LogP contribution in [0.5, 0.6) is 0 Å². The summed E-state index contributed by atoms with van der Waals surface area (Å²) in [5, 5.41) is 2.91. The van der Waals surface area contributed by atoms with E-state index in [0.29, 0.717) is 13.2 Å². The summed E-state index contributed by atoms with van der Waals surface area (Å²) in [5.41, 5.74) is 2.38. The Labute approximate surface area is 144 Å². The molecule has 5 heteroatoms. The van der Waals surface area contributed by atoms with Crippen LogP contribution in [-0.4, -0.2) is 49.8 Å². The molecule has 132 valence electrons. The molecule has 0 saturated carbocycles. The lowest BCUT2D eigenvalue weighted by atomic mass is 10.1. The molecule has 0 aromatic heterocycles. The fourth-order valence-corrected chi connectivity index (χ4v) is 2.52. The third-order valence-corrected chi connectivity index (χ3v) is 4.06. The zero-order valence-corrected chi connectivity index (χ0v) is 14.5. The summed E-state index contributed by atoms with van der Waals surface area (Å²) < 4.78 is 10.8. The molecule has 1 heterocycles. The maximum absolute atomic E-state index is 12.0. The smallest absolute Gasteiger partial charge is 0.249 e. The van der Waals surface area contributed by atoms with E-state index in [1.807, 2.05) is 0 Å². The van der Waals surface area contributed by atoms with E-state index in [1.165, 1.54) is 5.56 Å². The van der Waals surface area contributed by atoms with Crippen molar-refractivity contribution in [2.45, 2.75) is 32.5 Å². The molecular formula is C19H28N2O3. The van der Waals surface area contributed by atoms with Gasteiger partial charge in [-0.05, 0) is 24.5 Å². The fraction of sp³-hybridized carbons (Fsp3) is 0.526. The first-order valence-electron chi connectivity index (χ1n) is 8.57. The molecule has 5 nitrogen and oxygen atoms in total. The third kappa shape index (κ3) is 6.43. The summed E-state index contributed by atoms with van der Waals surface area (Å²) in [7, 11) is 0. The molecule has 1 aromatic rings. The van der Waals surface area contributed by atoms with Crippen LogP contribution < -0.4 is 5.32 Å². The van der Waals surface area contributed by atoms with Crippen LogP contribution in [-0.2, 0) is 27.4 Å². The summed E-state index contributed by atoms with van der Waals surface area (Å²) in [6, 6.07) is 8.39. The second kappa shape index (κ2) is 10.2. The molecule has 0 radical (unpaired) electrons. The summed E-state index contributed by atoms with van der Waals surface area (Å²) in [6.07, 6.45) is 2.09. The molecule has 1 fully saturated rings. The van der Waals surface area contributed by atoms with E-state index in [-0.39, 0.29) is 5.91 Å². The van der Waals surface area contributed by atoms with Crippen molar-refractivity contribution in [2.24, 2.45) is 0 Å². The van der Waals surface area contributed by atoms with E-state index in [4.69, 9.17) is 9.47 Å². The first-order valence-corrected chi connectivity index (χ1v) is 8.57. The zero-order chi connectivity index (χ0) is 17.2. The van der Waals surface area contributed by atoms with Crippen molar-refractivity contribution in [1.82, 2.24) is 10.2 Å². The van der Waals surface area contributed by atoms with Crippen LogP contribution in [0.3, 0.4) is 0 Å². The van der Waals surface area contributed by atoms with E-state index in [0.717, 1.165) is 44.8 Å². The third-order valence-electron chi connectivity index (χ3n) is 4.06. The van der Waals surface area contributed by atoms with Gasteiger partial charge in [0.2, 0.25) is 5.91 Å². The van der Waals surface area contributed by atoms with Crippen molar-refractivity contribution in [3.8, 4) is 0 Å². The number of rotatable bonds is 9. The molecule has 1 unspecified atom stereocenters. The molecule has 2 rings (SSSR count). The van der Waals surface area contributed by atoms with Crippen LogP contribution in [0.25, 0.3) is 0 Å². The van der Waals surface area contributed by atoms with Crippen LogP contribution in [0, 0.1) is 0 Å². The van der Waals surface area contributed by atoms with Gasteiger partial charge in [-0.3, -0.25) is 9.69 Å². The van der Waals surface area contributed by atoms with Gasteiger partial charge in [-0.2, -0.15) is 0 Å². The minimum atomic E-state index is -0.439. The summed E-state index contributed by atoms with van der Waals surface area (Å²) in [4.78, 5) is 14.4. The fourth-order valence-electron chi connectivity index (χ4n) is 2.52. The Morgan fingerprint density at radius 2 is 2.00 bits per heavy atom. The summed E-state index contributed by atoms with van der Waals surface area (Å²) in [6.45, 7) is 11.0. The Kier molecular flexibility index (Phi) is 7.95. The topological polar surface area (TPSA) is 50.8 Å². The summed E-state index contributed by atoms with van der Waals surface area (Å²) in [5.74, 6) is -0.0866. The van der Waals surface area contributed by atoms with Gasteiger partial charge in [0, 0.05) is 26.2 Å². The van der Waals surface area contributed by atoms with E-state index in [2.05, 4.69) is 41.1 Å². The van der Waals surface area contributed by atoms with E-state index >= 15 is 0 Å². The number of nitrogens with zero attached hydrogens (tertiary/aromatic N) is 1. The number of nitrogens with one attached hydrogen (secondary N) is 1. The second-order valence-corrected chi connectivity index (χ2v) is 6.01. The minimum absolute atomic E-state index is 0.0866. The lowest BCUT2D eigenvalue weighted by molar-refractivity contribution is -0.131. The van der Waals surface area contributed by atoms with Gasteiger partial charge >= 0.3 is 0 Å². The van der Waals surface area contributed by atoms with E-state index in [9.17, 15) is 4.79 Å². The Balaban J connectivity index is 1.72. The average molecular weight is 332 g/mol. The highest BCUT2D eigenvalue weighted by molar-refractivity contribution is 5.80. The van der Waals surface area contributed by atoms with E-state index in [1.54, 1.807) is 13.0 Å². The molecule has 0 spiro atoms.